The maximum Gasteiger partial charge on any atom is 0.0978 e. The van der Waals surface area contributed by atoms with Gasteiger partial charge in [-0.25, -0.2) is 9.97 Å². The Hall–Kier alpha value is -6.64. The number of hydrogen-bond donors (Lipinski definition) is 0. The first-order valence-electron chi connectivity index (χ1n) is 17.8. The summed E-state index contributed by atoms with van der Waals surface area (Å²) in [5.41, 5.74) is 17.5. The number of nitrogens with zero attached hydrogens (tertiary/aromatic N) is 2. The van der Waals surface area contributed by atoms with Gasteiger partial charge in [0.25, 0.3) is 0 Å². The van der Waals surface area contributed by atoms with Crippen LogP contribution in [-0.2, 0) is 0 Å². The van der Waals surface area contributed by atoms with Crippen molar-refractivity contribution in [2.24, 2.45) is 0 Å². The molecule has 0 atom stereocenters. The minimum Gasteiger partial charge on any atom is -0.245 e. The van der Waals surface area contributed by atoms with Crippen LogP contribution < -0.4 is 0 Å². The molecule has 0 N–H and O–H groups in total. The third-order valence-corrected chi connectivity index (χ3v) is 9.89. The number of benzene rings is 7. The predicted octanol–water partition coefficient (Wildman–Crippen LogP) is 13.4. The first-order valence-corrected chi connectivity index (χ1v) is 17.8. The van der Waals surface area contributed by atoms with Crippen molar-refractivity contribution in [2.45, 2.75) is 13.8 Å². The van der Waals surface area contributed by atoms with Crippen molar-refractivity contribution < 1.29 is 0 Å². The highest BCUT2D eigenvalue weighted by atomic mass is 14.8. The van der Waals surface area contributed by atoms with E-state index in [0.717, 1.165) is 66.6 Å². The quantitative estimate of drug-likeness (QED) is 0.165. The molecule has 2 nitrogen and oxygen atoms in total. The van der Waals surface area contributed by atoms with E-state index in [1.165, 1.54) is 33.4 Å². The Morgan fingerprint density at radius 2 is 0.615 bits per heavy atom. The van der Waals surface area contributed by atoms with E-state index in [-0.39, 0.29) is 0 Å². The zero-order chi connectivity index (χ0) is 35.0. The Balaban J connectivity index is 1.35. The van der Waals surface area contributed by atoms with Crippen LogP contribution in [0.4, 0.5) is 0 Å². The van der Waals surface area contributed by atoms with Crippen molar-refractivity contribution in [3.05, 3.63) is 193 Å². The molecule has 52 heavy (non-hydrogen) atoms. The molecule has 0 saturated carbocycles. The molecule has 0 amide bonds. The largest absolute Gasteiger partial charge is 0.245 e. The average molecular weight is 665 g/mol. The molecule has 9 rings (SSSR count). The normalized spacial score (nSPS) is 11.3. The summed E-state index contributed by atoms with van der Waals surface area (Å²) in [4.78, 5) is 11.1. The second kappa shape index (κ2) is 13.2. The number of rotatable bonds is 6. The van der Waals surface area contributed by atoms with E-state index in [0.29, 0.717) is 0 Å². The molecule has 9 aromatic rings. The molecule has 0 saturated heterocycles. The van der Waals surface area contributed by atoms with E-state index in [9.17, 15) is 0 Å². The molecule has 2 heterocycles. The Kier molecular flexibility index (Phi) is 7.98. The van der Waals surface area contributed by atoms with Crippen molar-refractivity contribution in [1.82, 2.24) is 9.97 Å². The topological polar surface area (TPSA) is 25.8 Å². The number of aryl methyl sites for hydroxylation is 2. The number of hydrogen-bond acceptors (Lipinski definition) is 2. The second-order valence-electron chi connectivity index (χ2n) is 13.6. The summed E-state index contributed by atoms with van der Waals surface area (Å²) in [5, 5.41) is 2.16. The average Bonchev–Trinajstić information content (AvgIpc) is 3.20. The van der Waals surface area contributed by atoms with Gasteiger partial charge in [0, 0.05) is 21.9 Å². The van der Waals surface area contributed by atoms with Gasteiger partial charge in [0.15, 0.2) is 0 Å². The highest BCUT2D eigenvalue weighted by Gasteiger charge is 2.18. The summed E-state index contributed by atoms with van der Waals surface area (Å²) in [5.74, 6) is 0. The number of pyridine rings is 2. The van der Waals surface area contributed by atoms with Crippen molar-refractivity contribution >= 4 is 21.8 Å². The fourth-order valence-electron chi connectivity index (χ4n) is 7.44. The van der Waals surface area contributed by atoms with Crippen LogP contribution in [0.25, 0.3) is 88.8 Å². The van der Waals surface area contributed by atoms with Gasteiger partial charge in [0.2, 0.25) is 0 Å². The molecular weight excluding hydrogens is 629 g/mol. The van der Waals surface area contributed by atoms with Crippen LogP contribution in [0.2, 0.25) is 0 Å². The monoisotopic (exact) mass is 664 g/mol. The third-order valence-electron chi connectivity index (χ3n) is 9.89. The van der Waals surface area contributed by atoms with Crippen molar-refractivity contribution in [3.63, 3.8) is 0 Å². The highest BCUT2D eigenvalue weighted by Crippen LogP contribution is 2.40. The predicted molar refractivity (Wildman–Crippen MR) is 219 cm³/mol. The Morgan fingerprint density at radius 1 is 0.288 bits per heavy atom. The van der Waals surface area contributed by atoms with Gasteiger partial charge < -0.3 is 0 Å². The fourth-order valence-corrected chi connectivity index (χ4v) is 7.44. The maximum absolute atomic E-state index is 5.53. The second-order valence-corrected chi connectivity index (χ2v) is 13.6. The molecule has 0 bridgehead atoms. The molecule has 0 aliphatic carbocycles. The molecule has 0 aliphatic heterocycles. The van der Waals surface area contributed by atoms with Crippen molar-refractivity contribution in [3.8, 4) is 67.0 Å². The van der Waals surface area contributed by atoms with Gasteiger partial charge in [-0.2, -0.15) is 0 Å². The van der Waals surface area contributed by atoms with Crippen LogP contribution in [0.5, 0.6) is 0 Å². The number of aromatic nitrogens is 2. The lowest BCUT2D eigenvalue weighted by Crippen LogP contribution is -1.96. The van der Waals surface area contributed by atoms with Gasteiger partial charge in [-0.05, 0) is 106 Å². The maximum atomic E-state index is 5.53. The van der Waals surface area contributed by atoms with E-state index >= 15 is 0 Å². The fraction of sp³-hybridized carbons (Fsp3) is 0.0400. The van der Waals surface area contributed by atoms with Gasteiger partial charge >= 0.3 is 0 Å². The number of fused-ring (bicyclic) bond motifs is 3. The Morgan fingerprint density at radius 3 is 0.981 bits per heavy atom. The van der Waals surface area contributed by atoms with E-state index in [2.05, 4.69) is 196 Å². The lowest BCUT2D eigenvalue weighted by Gasteiger charge is -2.16. The zero-order valence-electron chi connectivity index (χ0n) is 29.2. The summed E-state index contributed by atoms with van der Waals surface area (Å²) in [6, 6.07) is 65.0. The molecule has 246 valence electrons. The van der Waals surface area contributed by atoms with Crippen LogP contribution >= 0.6 is 0 Å². The van der Waals surface area contributed by atoms with Crippen LogP contribution in [-0.4, -0.2) is 9.97 Å². The molecule has 2 heteroatoms. The van der Waals surface area contributed by atoms with Crippen LogP contribution in [0.3, 0.4) is 0 Å². The molecule has 0 radical (unpaired) electrons. The van der Waals surface area contributed by atoms with Gasteiger partial charge in [0.1, 0.15) is 0 Å². The minimum absolute atomic E-state index is 0.895. The molecule has 0 spiro atoms. The molecule has 0 aliphatic rings. The summed E-state index contributed by atoms with van der Waals surface area (Å²) in [6.07, 6.45) is 0. The SMILES string of the molecule is Cc1cc(-c2ccccc2)cc(-c2cc(-c3ccccc3)c3ccc4c(-c5ccccc5)cc(-c5cc(C)cc(-c6ccccc6)c5)nc4c3n2)c1. The Bertz CT molecular complexity index is 2530. The van der Waals surface area contributed by atoms with Crippen molar-refractivity contribution in [2.75, 3.05) is 0 Å². The summed E-state index contributed by atoms with van der Waals surface area (Å²) >= 11 is 0. The molecule has 0 unspecified atom stereocenters. The van der Waals surface area contributed by atoms with Crippen LogP contribution in [0.1, 0.15) is 11.1 Å². The lowest BCUT2D eigenvalue weighted by atomic mass is 9.92. The summed E-state index contributed by atoms with van der Waals surface area (Å²) < 4.78 is 0. The molecule has 0 fully saturated rings. The summed E-state index contributed by atoms with van der Waals surface area (Å²) in [7, 11) is 0. The van der Waals surface area contributed by atoms with E-state index in [4.69, 9.17) is 9.97 Å². The smallest absolute Gasteiger partial charge is 0.0978 e. The van der Waals surface area contributed by atoms with Gasteiger partial charge in [0.05, 0.1) is 22.4 Å². The summed E-state index contributed by atoms with van der Waals surface area (Å²) in [6.45, 7) is 4.33. The third kappa shape index (κ3) is 5.95. The van der Waals surface area contributed by atoms with E-state index in [1.54, 1.807) is 0 Å². The standard InChI is InChI=1S/C50H36N2/c1-33-25-39(35-15-7-3-8-16-35)29-41(27-33)47-31-45(37-19-11-5-12-20-37)43-23-24-44-46(38-21-13-6-14-22-38)32-48(52-50(44)49(43)51-47)42-28-34(2)26-40(30-42)36-17-9-4-10-18-36/h3-32H,1-2H3. The lowest BCUT2D eigenvalue weighted by molar-refractivity contribution is 1.35. The first kappa shape index (κ1) is 31.3. The highest BCUT2D eigenvalue weighted by molar-refractivity contribution is 6.13. The first-order chi connectivity index (χ1) is 25.6. The molecule has 7 aromatic carbocycles. The molecule has 2 aromatic heterocycles. The van der Waals surface area contributed by atoms with Gasteiger partial charge in [-0.15, -0.1) is 0 Å². The van der Waals surface area contributed by atoms with Crippen LogP contribution in [0.15, 0.2) is 182 Å². The van der Waals surface area contributed by atoms with E-state index in [1.807, 2.05) is 0 Å². The Labute approximate surface area is 304 Å². The molecular formula is C50H36N2. The van der Waals surface area contributed by atoms with Crippen molar-refractivity contribution in [1.29, 1.82) is 0 Å². The van der Waals surface area contributed by atoms with Crippen LogP contribution in [0, 0.1) is 13.8 Å². The zero-order valence-corrected chi connectivity index (χ0v) is 29.2. The van der Waals surface area contributed by atoms with Gasteiger partial charge in [-0.1, -0.05) is 146 Å². The minimum atomic E-state index is 0.895. The van der Waals surface area contributed by atoms with Gasteiger partial charge in [-0.3, -0.25) is 0 Å². The van der Waals surface area contributed by atoms with E-state index < -0.39 is 0 Å².